The molecule has 4 heteroatoms. The molecular formula is C47H31N3O. The Hall–Kier alpha value is -6.78. The van der Waals surface area contributed by atoms with Crippen molar-refractivity contribution in [1.29, 1.82) is 0 Å². The van der Waals surface area contributed by atoms with Crippen molar-refractivity contribution < 1.29 is 4.42 Å². The first-order valence-electron chi connectivity index (χ1n) is 17.3. The second-order valence-electron chi connectivity index (χ2n) is 13.0. The first kappa shape index (κ1) is 29.2. The van der Waals surface area contributed by atoms with Crippen molar-refractivity contribution in [2.45, 2.75) is 6.17 Å². The minimum atomic E-state index is -0.240. The summed E-state index contributed by atoms with van der Waals surface area (Å²) in [7, 11) is 0. The minimum absolute atomic E-state index is 0.240. The van der Waals surface area contributed by atoms with Gasteiger partial charge in [-0.3, -0.25) is 0 Å². The van der Waals surface area contributed by atoms with Gasteiger partial charge < -0.3 is 9.73 Å². The SMILES string of the molecule is c1ccc(C2=NC(c3ccccc3)NC(c3ccc(-c4cccc5oc6ccc(-c7ccc8c(ccc9ccccc98)c7)cc6c45)cc3)=N2)cc1. The van der Waals surface area contributed by atoms with E-state index < -0.39 is 0 Å². The van der Waals surface area contributed by atoms with E-state index in [0.717, 1.165) is 61.2 Å². The lowest BCUT2D eigenvalue weighted by atomic mass is 9.95. The highest BCUT2D eigenvalue weighted by atomic mass is 16.3. The van der Waals surface area contributed by atoms with E-state index in [9.17, 15) is 0 Å². The average molecular weight is 654 g/mol. The van der Waals surface area contributed by atoms with Gasteiger partial charge in [0, 0.05) is 21.9 Å². The Bertz CT molecular complexity index is 2820. The molecule has 0 bridgehead atoms. The number of nitrogens with one attached hydrogen (secondary N) is 1. The number of nitrogens with zero attached hydrogens (tertiary/aromatic N) is 2. The summed E-state index contributed by atoms with van der Waals surface area (Å²) in [6, 6.07) is 61.7. The van der Waals surface area contributed by atoms with Gasteiger partial charge in [-0.15, -0.1) is 0 Å². The van der Waals surface area contributed by atoms with Gasteiger partial charge in [0.1, 0.15) is 23.2 Å². The third-order valence-electron chi connectivity index (χ3n) is 9.93. The zero-order chi connectivity index (χ0) is 33.7. The molecule has 51 heavy (non-hydrogen) atoms. The Morgan fingerprint density at radius 2 is 1.14 bits per heavy atom. The molecule has 4 nitrogen and oxygen atoms in total. The first-order chi connectivity index (χ1) is 25.2. The van der Waals surface area contributed by atoms with E-state index in [1.165, 1.54) is 27.1 Å². The summed E-state index contributed by atoms with van der Waals surface area (Å²) < 4.78 is 6.41. The van der Waals surface area contributed by atoms with Gasteiger partial charge in [-0.1, -0.05) is 152 Å². The van der Waals surface area contributed by atoms with E-state index in [2.05, 4.69) is 145 Å². The highest BCUT2D eigenvalue weighted by molar-refractivity contribution is 6.15. The van der Waals surface area contributed by atoms with Crippen LogP contribution in [0.1, 0.15) is 22.9 Å². The zero-order valence-electron chi connectivity index (χ0n) is 27.6. The monoisotopic (exact) mass is 653 g/mol. The van der Waals surface area contributed by atoms with Crippen LogP contribution in [0.4, 0.5) is 0 Å². The molecule has 0 fully saturated rings. The number of furan rings is 1. The van der Waals surface area contributed by atoms with E-state index in [4.69, 9.17) is 14.4 Å². The molecule has 240 valence electrons. The fraction of sp³-hybridized carbons (Fsp3) is 0.0213. The Morgan fingerprint density at radius 1 is 0.451 bits per heavy atom. The molecule has 10 rings (SSSR count). The number of aliphatic imine (C=N–C) groups is 2. The van der Waals surface area contributed by atoms with Crippen LogP contribution in [0.2, 0.25) is 0 Å². The molecular weight excluding hydrogens is 623 g/mol. The lowest BCUT2D eigenvalue weighted by molar-refractivity contribution is 0.669. The van der Waals surface area contributed by atoms with Crippen molar-refractivity contribution in [3.05, 3.63) is 193 Å². The predicted octanol–water partition coefficient (Wildman–Crippen LogP) is 11.7. The van der Waals surface area contributed by atoms with Crippen LogP contribution in [0.25, 0.3) is 65.7 Å². The number of fused-ring (bicyclic) bond motifs is 6. The molecule has 0 aliphatic carbocycles. The summed E-state index contributed by atoms with van der Waals surface area (Å²) in [6.07, 6.45) is -0.240. The van der Waals surface area contributed by atoms with Crippen LogP contribution in [0.15, 0.2) is 190 Å². The fourth-order valence-electron chi connectivity index (χ4n) is 7.37. The molecule has 1 aliphatic rings. The van der Waals surface area contributed by atoms with Crippen molar-refractivity contribution >= 4 is 55.2 Å². The Morgan fingerprint density at radius 3 is 2.00 bits per heavy atom. The van der Waals surface area contributed by atoms with Gasteiger partial charge in [0.25, 0.3) is 0 Å². The summed E-state index contributed by atoms with van der Waals surface area (Å²) in [4.78, 5) is 9.98. The molecule has 1 atom stereocenters. The molecule has 1 unspecified atom stereocenters. The van der Waals surface area contributed by atoms with Crippen molar-refractivity contribution in [2.24, 2.45) is 9.98 Å². The summed E-state index contributed by atoms with van der Waals surface area (Å²) in [5.41, 5.74) is 9.42. The molecule has 1 aromatic heterocycles. The van der Waals surface area contributed by atoms with Gasteiger partial charge in [-0.25, -0.2) is 9.98 Å². The molecule has 9 aromatic rings. The van der Waals surface area contributed by atoms with E-state index in [-0.39, 0.29) is 6.17 Å². The summed E-state index contributed by atoms with van der Waals surface area (Å²) >= 11 is 0. The second-order valence-corrected chi connectivity index (χ2v) is 13.0. The van der Waals surface area contributed by atoms with Gasteiger partial charge in [-0.2, -0.15) is 0 Å². The van der Waals surface area contributed by atoms with Crippen LogP contribution in [0, 0.1) is 0 Å². The maximum atomic E-state index is 6.41. The number of rotatable bonds is 5. The molecule has 1 N–H and O–H groups in total. The van der Waals surface area contributed by atoms with Gasteiger partial charge in [0.05, 0.1) is 0 Å². The Balaban J connectivity index is 1.03. The van der Waals surface area contributed by atoms with Crippen LogP contribution in [0.5, 0.6) is 0 Å². The minimum Gasteiger partial charge on any atom is -0.456 e. The fourth-order valence-corrected chi connectivity index (χ4v) is 7.37. The van der Waals surface area contributed by atoms with Crippen molar-refractivity contribution in [2.75, 3.05) is 0 Å². The van der Waals surface area contributed by atoms with Crippen molar-refractivity contribution in [3.63, 3.8) is 0 Å². The number of amidine groups is 2. The number of benzene rings is 8. The zero-order valence-corrected chi connectivity index (χ0v) is 27.6. The standard InChI is InChI=1S/C47H31N3O/c1-3-11-32(12-4-1)45-48-46(33-13-5-2-6-14-33)50-47(49-45)34-21-18-31(19-22-34)40-16-9-17-43-44(40)41-29-36(25-27-42(41)51-43)35-24-26-39-37(28-35)23-20-30-10-7-8-15-38(30)39/h1-29,45H,(H,48,49,50). The predicted molar refractivity (Wildman–Crippen MR) is 211 cm³/mol. The van der Waals surface area contributed by atoms with Crippen LogP contribution in [-0.2, 0) is 0 Å². The highest BCUT2D eigenvalue weighted by Crippen LogP contribution is 2.39. The van der Waals surface area contributed by atoms with Crippen molar-refractivity contribution in [3.8, 4) is 22.3 Å². The summed E-state index contributed by atoms with van der Waals surface area (Å²) in [5.74, 6) is 1.51. The van der Waals surface area contributed by atoms with Crippen molar-refractivity contribution in [1.82, 2.24) is 5.32 Å². The molecule has 8 aromatic carbocycles. The molecule has 2 heterocycles. The van der Waals surface area contributed by atoms with Crippen LogP contribution < -0.4 is 5.32 Å². The highest BCUT2D eigenvalue weighted by Gasteiger charge is 2.21. The van der Waals surface area contributed by atoms with E-state index in [0.29, 0.717) is 5.84 Å². The van der Waals surface area contributed by atoms with Gasteiger partial charge >= 0.3 is 0 Å². The van der Waals surface area contributed by atoms with Gasteiger partial charge in [-0.05, 0) is 73.6 Å². The Labute approximate surface area is 295 Å². The average Bonchev–Trinajstić information content (AvgIpc) is 3.59. The van der Waals surface area contributed by atoms with E-state index in [1.54, 1.807) is 0 Å². The van der Waals surface area contributed by atoms with Crippen LogP contribution in [0.3, 0.4) is 0 Å². The second kappa shape index (κ2) is 12.0. The molecule has 0 radical (unpaired) electrons. The molecule has 1 aliphatic heterocycles. The molecule has 0 saturated carbocycles. The lowest BCUT2D eigenvalue weighted by Crippen LogP contribution is -2.33. The van der Waals surface area contributed by atoms with Crippen LogP contribution >= 0.6 is 0 Å². The quantitative estimate of drug-likeness (QED) is 0.188. The van der Waals surface area contributed by atoms with E-state index in [1.807, 2.05) is 36.4 Å². The molecule has 0 saturated heterocycles. The maximum absolute atomic E-state index is 6.41. The third kappa shape index (κ3) is 5.17. The van der Waals surface area contributed by atoms with E-state index >= 15 is 0 Å². The number of hydrogen-bond acceptors (Lipinski definition) is 4. The van der Waals surface area contributed by atoms with Crippen LogP contribution in [-0.4, -0.2) is 11.7 Å². The number of hydrogen-bond donors (Lipinski definition) is 1. The lowest BCUT2D eigenvalue weighted by Gasteiger charge is -2.23. The summed E-state index contributed by atoms with van der Waals surface area (Å²) in [5, 5.41) is 10.8. The van der Waals surface area contributed by atoms with Gasteiger partial charge in [0.2, 0.25) is 0 Å². The smallest absolute Gasteiger partial charge is 0.159 e. The largest absolute Gasteiger partial charge is 0.456 e. The first-order valence-corrected chi connectivity index (χ1v) is 17.3. The normalized spacial score (nSPS) is 14.5. The van der Waals surface area contributed by atoms with Gasteiger partial charge in [0.15, 0.2) is 5.84 Å². The molecule has 0 amide bonds. The summed E-state index contributed by atoms with van der Waals surface area (Å²) in [6.45, 7) is 0. The Kier molecular flexibility index (Phi) is 6.85. The maximum Gasteiger partial charge on any atom is 0.159 e. The third-order valence-corrected chi connectivity index (χ3v) is 9.93. The molecule has 0 spiro atoms. The topological polar surface area (TPSA) is 49.9 Å².